The minimum absolute atomic E-state index is 0.0814. The fourth-order valence-corrected chi connectivity index (χ4v) is 14.8. The molecule has 0 amide bonds. The first-order valence-corrected chi connectivity index (χ1v) is 11.7. The van der Waals surface area contributed by atoms with E-state index in [0.29, 0.717) is 0 Å². The summed E-state index contributed by atoms with van der Waals surface area (Å²) in [5, 5.41) is -0.536. The van der Waals surface area contributed by atoms with E-state index in [1.54, 1.807) is 0 Å². The van der Waals surface area contributed by atoms with Crippen LogP contribution in [0.2, 0.25) is 21.6 Å². The Morgan fingerprint density at radius 1 is 0.778 bits per heavy atom. The molecule has 0 fully saturated rings. The van der Waals surface area contributed by atoms with Gasteiger partial charge in [-0.3, -0.25) is 4.11 Å². The molecule has 0 spiro atoms. The van der Waals surface area contributed by atoms with Crippen LogP contribution in [0.1, 0.15) is 62.3 Å². The fourth-order valence-electron chi connectivity index (χ4n) is 3.44. The highest BCUT2D eigenvalue weighted by Gasteiger charge is 2.62. The van der Waals surface area contributed by atoms with Crippen molar-refractivity contribution in [3.63, 3.8) is 0 Å². The highest BCUT2D eigenvalue weighted by molar-refractivity contribution is 6.84. The first-order chi connectivity index (χ1) is 7.57. The molecule has 0 rings (SSSR count). The number of nitrogens with zero attached hydrogens (tertiary/aromatic N) is 1. The largest absolute Gasteiger partial charge is 0.377 e. The molecular formula is C14H33AlFNSi. The maximum atomic E-state index is 16.3. The van der Waals surface area contributed by atoms with E-state index in [-0.39, 0.29) is 15.6 Å². The predicted octanol–water partition coefficient (Wildman–Crippen LogP) is 5.35. The molecule has 0 bridgehead atoms. The number of hydrogen-bond donors (Lipinski definition) is 0. The van der Waals surface area contributed by atoms with E-state index in [9.17, 15) is 0 Å². The summed E-state index contributed by atoms with van der Waals surface area (Å²) in [7, 11) is -3.09. The first kappa shape index (κ1) is 18.6. The van der Waals surface area contributed by atoms with Crippen molar-refractivity contribution >= 4 is 22.9 Å². The molecule has 1 nitrogen and oxygen atoms in total. The van der Waals surface area contributed by atoms with Crippen molar-refractivity contribution in [1.82, 2.24) is 3.55 Å². The Morgan fingerprint density at radius 2 is 1.06 bits per heavy atom. The van der Waals surface area contributed by atoms with Crippen LogP contribution in [0.5, 0.6) is 0 Å². The van der Waals surface area contributed by atoms with Crippen LogP contribution in [0.25, 0.3) is 0 Å². The van der Waals surface area contributed by atoms with Gasteiger partial charge in [-0.2, -0.15) is 0 Å². The van der Waals surface area contributed by atoms with Crippen LogP contribution in [0.3, 0.4) is 0 Å². The topological polar surface area (TPSA) is 3.24 Å². The summed E-state index contributed by atoms with van der Waals surface area (Å²) in [4.78, 5) is 0. The second kappa shape index (κ2) is 5.20. The zero-order chi connectivity index (χ0) is 15.2. The van der Waals surface area contributed by atoms with Crippen molar-refractivity contribution in [2.45, 2.75) is 89.5 Å². The van der Waals surface area contributed by atoms with Crippen molar-refractivity contribution < 1.29 is 4.11 Å². The van der Waals surface area contributed by atoms with Crippen LogP contribution in [-0.4, -0.2) is 32.0 Å². The second-order valence-electron chi connectivity index (χ2n) is 8.76. The average molecular weight is 289 g/mol. The van der Waals surface area contributed by atoms with Crippen LogP contribution in [0, 0.1) is 0 Å². The lowest BCUT2D eigenvalue weighted by Crippen LogP contribution is -2.70. The van der Waals surface area contributed by atoms with Crippen LogP contribution in [0.4, 0.5) is 4.11 Å². The van der Waals surface area contributed by atoms with Crippen molar-refractivity contribution in [3.05, 3.63) is 0 Å². The van der Waals surface area contributed by atoms with E-state index in [1.165, 1.54) is 0 Å². The minimum atomic E-state index is -3.09. The average Bonchev–Trinajstić information content (AvgIpc) is 1.95. The van der Waals surface area contributed by atoms with Gasteiger partial charge in [0.15, 0.2) is 0 Å². The smallest absolute Gasteiger partial charge is 0.361 e. The molecule has 0 atom stereocenters. The second-order valence-corrected chi connectivity index (χ2v) is 16.7. The SMILES string of the molecule is [CH3][Al]([CH3])[N](C(C)(C)C)[Si](F)(C(C)(C)C)C(C)(C)C. The Labute approximate surface area is 120 Å². The molecule has 0 aliphatic rings. The Bertz CT molecular complexity index is 270. The third-order valence-electron chi connectivity index (χ3n) is 3.56. The van der Waals surface area contributed by atoms with Gasteiger partial charge in [-0.05, 0) is 36.4 Å². The van der Waals surface area contributed by atoms with Gasteiger partial charge >= 0.3 is 22.9 Å². The summed E-state index contributed by atoms with van der Waals surface area (Å²) >= 11 is -1.22. The molecule has 0 heterocycles. The molecule has 0 aromatic heterocycles. The van der Waals surface area contributed by atoms with E-state index < -0.39 is 22.9 Å². The lowest BCUT2D eigenvalue weighted by atomic mass is 10.1. The molecule has 0 unspecified atom stereocenters. The van der Waals surface area contributed by atoms with E-state index in [0.717, 1.165) is 0 Å². The highest BCUT2D eigenvalue weighted by Crippen LogP contribution is 2.55. The Balaban J connectivity index is 6.02. The molecule has 18 heavy (non-hydrogen) atoms. The molecule has 0 N–H and O–H groups in total. The molecular weight excluding hydrogens is 256 g/mol. The fraction of sp³-hybridized carbons (Fsp3) is 1.00. The van der Waals surface area contributed by atoms with Crippen LogP contribution < -0.4 is 0 Å². The van der Waals surface area contributed by atoms with Crippen molar-refractivity contribution in [2.24, 2.45) is 0 Å². The number of hydrogen-bond acceptors (Lipinski definition) is 1. The lowest BCUT2D eigenvalue weighted by molar-refractivity contribution is 0.287. The highest BCUT2D eigenvalue weighted by atomic mass is 28.4. The van der Waals surface area contributed by atoms with Crippen molar-refractivity contribution in [1.29, 1.82) is 0 Å². The number of rotatable bonds is 2. The van der Waals surface area contributed by atoms with E-state index in [1.807, 2.05) is 0 Å². The number of halogens is 1. The van der Waals surface area contributed by atoms with Gasteiger partial charge in [-0.15, -0.1) is 0 Å². The molecule has 0 radical (unpaired) electrons. The molecule has 4 heteroatoms. The Kier molecular flexibility index (Phi) is 5.39. The van der Waals surface area contributed by atoms with Gasteiger partial charge in [0.2, 0.25) is 0 Å². The van der Waals surface area contributed by atoms with Crippen LogP contribution in [0.15, 0.2) is 0 Å². The van der Waals surface area contributed by atoms with Crippen molar-refractivity contribution in [3.8, 4) is 0 Å². The van der Waals surface area contributed by atoms with Gasteiger partial charge in [-0.25, -0.2) is 0 Å². The molecule has 0 saturated carbocycles. The maximum absolute atomic E-state index is 16.3. The molecule has 0 saturated heterocycles. The Morgan fingerprint density at radius 3 is 1.11 bits per heavy atom. The summed E-state index contributed by atoms with van der Waals surface area (Å²) in [6, 6.07) is 0. The summed E-state index contributed by atoms with van der Waals surface area (Å²) in [6.45, 7) is 19.0. The van der Waals surface area contributed by atoms with Gasteiger partial charge < -0.3 is 3.55 Å². The predicted molar refractivity (Wildman–Crippen MR) is 85.4 cm³/mol. The molecule has 108 valence electrons. The zero-order valence-corrected chi connectivity index (χ0v) is 16.6. The van der Waals surface area contributed by atoms with Gasteiger partial charge in [0.05, 0.1) is 0 Å². The molecule has 0 aromatic rings. The molecule has 0 aliphatic heterocycles. The zero-order valence-electron chi connectivity index (χ0n) is 14.4. The van der Waals surface area contributed by atoms with Gasteiger partial charge in [0, 0.05) is 0 Å². The monoisotopic (exact) mass is 289 g/mol. The van der Waals surface area contributed by atoms with E-state index in [2.05, 4.69) is 77.4 Å². The van der Waals surface area contributed by atoms with E-state index in [4.69, 9.17) is 0 Å². The summed E-state index contributed by atoms with van der Waals surface area (Å²) in [6.07, 6.45) is 0. The van der Waals surface area contributed by atoms with Gasteiger partial charge in [-0.1, -0.05) is 53.1 Å². The molecule has 0 aliphatic carbocycles. The minimum Gasteiger partial charge on any atom is -0.377 e. The first-order valence-electron chi connectivity index (χ1n) is 7.05. The molecule has 0 aromatic carbocycles. The lowest BCUT2D eigenvalue weighted by Gasteiger charge is -2.57. The third kappa shape index (κ3) is 3.39. The van der Waals surface area contributed by atoms with Crippen molar-refractivity contribution in [2.75, 3.05) is 0 Å². The maximum Gasteiger partial charge on any atom is 0.361 e. The summed E-state index contributed by atoms with van der Waals surface area (Å²) in [5.41, 5.74) is -0.0814. The quantitative estimate of drug-likeness (QED) is 0.489. The van der Waals surface area contributed by atoms with Crippen LogP contribution >= 0.6 is 0 Å². The van der Waals surface area contributed by atoms with Gasteiger partial charge in [0.25, 0.3) is 0 Å². The normalized spacial score (nSPS) is 15.2. The summed E-state index contributed by atoms with van der Waals surface area (Å²) in [5.74, 6) is 4.51. The third-order valence-corrected chi connectivity index (χ3v) is 13.3. The van der Waals surface area contributed by atoms with E-state index >= 15 is 4.11 Å². The summed E-state index contributed by atoms with van der Waals surface area (Å²) < 4.78 is 18.6. The van der Waals surface area contributed by atoms with Gasteiger partial charge in [0.1, 0.15) is 0 Å². The Hall–Kier alpha value is 0.639. The standard InChI is InChI=1S/C12H27FNSi.2CH3.Al/c1-10(2,3)14-15(13,11(4,5)6)12(7,8)9;;;/h1-9H3;2*1H3;/q-1;;;+1. The van der Waals surface area contributed by atoms with Crippen LogP contribution in [-0.2, 0) is 0 Å².